The summed E-state index contributed by atoms with van der Waals surface area (Å²) in [5.41, 5.74) is 1.38. The van der Waals surface area contributed by atoms with Crippen LogP contribution in [-0.4, -0.2) is 35.2 Å². The second-order valence-corrected chi connectivity index (χ2v) is 4.74. The normalized spacial score (nSPS) is 13.0. The van der Waals surface area contributed by atoms with Crippen molar-refractivity contribution < 1.29 is 10.2 Å². The molecule has 2 aromatic rings. The summed E-state index contributed by atoms with van der Waals surface area (Å²) in [6.07, 6.45) is 3.29. The molecule has 4 nitrogen and oxygen atoms in total. The van der Waals surface area contributed by atoms with Gasteiger partial charge in [-0.1, -0.05) is 24.3 Å². The maximum Gasteiger partial charge on any atom is 0.124 e. The van der Waals surface area contributed by atoms with Crippen molar-refractivity contribution in [2.75, 3.05) is 6.54 Å². The van der Waals surface area contributed by atoms with E-state index in [1.54, 1.807) is 48.8 Å². The molecule has 0 saturated carbocycles. The Labute approximate surface area is 124 Å². The minimum absolute atomic E-state index is 0.00767. The van der Waals surface area contributed by atoms with Crippen molar-refractivity contribution in [1.82, 2.24) is 0 Å². The Morgan fingerprint density at radius 1 is 0.905 bits per heavy atom. The Bertz CT molecular complexity index is 651. The molecule has 0 aromatic heterocycles. The molecule has 0 fully saturated rings. The van der Waals surface area contributed by atoms with Gasteiger partial charge in [-0.25, -0.2) is 0 Å². The molecule has 4 heteroatoms. The van der Waals surface area contributed by atoms with E-state index in [0.717, 1.165) is 0 Å². The smallest absolute Gasteiger partial charge is 0.124 e. The van der Waals surface area contributed by atoms with Crippen LogP contribution >= 0.6 is 0 Å². The quantitative estimate of drug-likeness (QED) is 0.828. The van der Waals surface area contributed by atoms with Crippen molar-refractivity contribution in [1.29, 1.82) is 0 Å². The molecular weight excluding hydrogens is 264 g/mol. The van der Waals surface area contributed by atoms with Gasteiger partial charge in [0.15, 0.2) is 0 Å². The summed E-state index contributed by atoms with van der Waals surface area (Å²) < 4.78 is 0. The van der Waals surface area contributed by atoms with E-state index in [0.29, 0.717) is 17.7 Å². The van der Waals surface area contributed by atoms with Gasteiger partial charge in [0.05, 0.1) is 12.6 Å². The molecule has 1 atom stereocenters. The number of benzene rings is 2. The number of nitrogens with zero attached hydrogens (tertiary/aromatic N) is 2. The van der Waals surface area contributed by atoms with E-state index in [1.165, 1.54) is 0 Å². The summed E-state index contributed by atoms with van der Waals surface area (Å²) >= 11 is 0. The zero-order valence-electron chi connectivity index (χ0n) is 11.8. The number of aromatic hydroxyl groups is 2. The topological polar surface area (TPSA) is 65.2 Å². The highest BCUT2D eigenvalue weighted by Gasteiger charge is 1.99. The molecule has 21 heavy (non-hydrogen) atoms. The standard InChI is InChI=1S/C17H18N2O2/c1-13(19-12-15-7-3-5-9-17(15)21)10-18-11-14-6-2-4-8-16(14)20/h2-9,11-13,20-21H,10H2,1H3/b18-11+,19-12+. The third-order valence-corrected chi connectivity index (χ3v) is 2.94. The predicted octanol–water partition coefficient (Wildman–Crippen LogP) is 3.02. The number of hydrogen-bond donors (Lipinski definition) is 2. The Morgan fingerprint density at radius 3 is 2.00 bits per heavy atom. The van der Waals surface area contributed by atoms with E-state index in [2.05, 4.69) is 9.98 Å². The zero-order valence-corrected chi connectivity index (χ0v) is 11.8. The molecule has 2 aromatic carbocycles. The van der Waals surface area contributed by atoms with Crippen LogP contribution in [0.15, 0.2) is 58.5 Å². The van der Waals surface area contributed by atoms with Crippen LogP contribution in [0, 0.1) is 0 Å². The van der Waals surface area contributed by atoms with Gasteiger partial charge in [0, 0.05) is 23.6 Å². The molecule has 1 unspecified atom stereocenters. The molecule has 2 rings (SSSR count). The van der Waals surface area contributed by atoms with Crippen molar-refractivity contribution in [2.24, 2.45) is 9.98 Å². The van der Waals surface area contributed by atoms with E-state index >= 15 is 0 Å². The van der Waals surface area contributed by atoms with Crippen LogP contribution in [0.25, 0.3) is 0 Å². The third-order valence-electron chi connectivity index (χ3n) is 2.94. The monoisotopic (exact) mass is 282 g/mol. The van der Waals surface area contributed by atoms with Gasteiger partial charge in [0.2, 0.25) is 0 Å². The molecule has 0 aliphatic rings. The Hall–Kier alpha value is -2.62. The van der Waals surface area contributed by atoms with E-state index < -0.39 is 0 Å². The van der Waals surface area contributed by atoms with Crippen LogP contribution in [0.2, 0.25) is 0 Å². The van der Waals surface area contributed by atoms with Gasteiger partial charge in [-0.3, -0.25) is 9.98 Å². The lowest BCUT2D eigenvalue weighted by Crippen LogP contribution is -2.04. The molecule has 0 aliphatic heterocycles. The van der Waals surface area contributed by atoms with Gasteiger partial charge >= 0.3 is 0 Å². The molecular formula is C17H18N2O2. The second-order valence-electron chi connectivity index (χ2n) is 4.74. The first-order chi connectivity index (χ1) is 10.2. The highest BCUT2D eigenvalue weighted by molar-refractivity contribution is 5.84. The molecule has 0 amide bonds. The summed E-state index contributed by atoms with van der Waals surface area (Å²) in [5.74, 6) is 0.428. The SMILES string of the molecule is CC(C/N=C/c1ccccc1O)/N=C/c1ccccc1O. The van der Waals surface area contributed by atoms with Gasteiger partial charge in [0.1, 0.15) is 11.5 Å². The Morgan fingerprint density at radius 2 is 1.43 bits per heavy atom. The molecule has 2 N–H and O–H groups in total. The summed E-state index contributed by atoms with van der Waals surface area (Å²) in [4.78, 5) is 8.62. The van der Waals surface area contributed by atoms with Gasteiger partial charge in [0.25, 0.3) is 0 Å². The van der Waals surface area contributed by atoms with E-state index in [4.69, 9.17) is 0 Å². The van der Waals surface area contributed by atoms with Crippen LogP contribution in [0.5, 0.6) is 11.5 Å². The number of para-hydroxylation sites is 2. The fourth-order valence-corrected chi connectivity index (χ4v) is 1.75. The zero-order chi connectivity index (χ0) is 15.1. The fourth-order valence-electron chi connectivity index (χ4n) is 1.75. The van der Waals surface area contributed by atoms with Gasteiger partial charge in [-0.2, -0.15) is 0 Å². The summed E-state index contributed by atoms with van der Waals surface area (Å²) in [7, 11) is 0. The van der Waals surface area contributed by atoms with E-state index in [-0.39, 0.29) is 17.5 Å². The largest absolute Gasteiger partial charge is 0.507 e. The maximum atomic E-state index is 9.63. The summed E-state index contributed by atoms with van der Waals surface area (Å²) in [6.45, 7) is 2.46. The highest BCUT2D eigenvalue weighted by Crippen LogP contribution is 2.14. The van der Waals surface area contributed by atoms with Crippen molar-refractivity contribution in [3.63, 3.8) is 0 Å². The van der Waals surface area contributed by atoms with Gasteiger partial charge in [-0.15, -0.1) is 0 Å². The first-order valence-electron chi connectivity index (χ1n) is 6.76. The minimum atomic E-state index is -0.00767. The number of rotatable bonds is 5. The Balaban J connectivity index is 1.92. The molecule has 0 bridgehead atoms. The van der Waals surface area contributed by atoms with Gasteiger partial charge < -0.3 is 10.2 Å². The molecule has 0 radical (unpaired) electrons. The first-order valence-corrected chi connectivity index (χ1v) is 6.76. The number of aliphatic imine (C=N–C) groups is 2. The number of phenolic OH excluding ortho intramolecular Hbond substituents is 2. The van der Waals surface area contributed by atoms with Crippen LogP contribution in [-0.2, 0) is 0 Å². The van der Waals surface area contributed by atoms with Crippen LogP contribution in [0.3, 0.4) is 0 Å². The molecule has 0 aliphatic carbocycles. The molecule has 0 heterocycles. The van der Waals surface area contributed by atoms with Crippen molar-refractivity contribution >= 4 is 12.4 Å². The predicted molar refractivity (Wildman–Crippen MR) is 85.7 cm³/mol. The van der Waals surface area contributed by atoms with Crippen molar-refractivity contribution in [3.8, 4) is 11.5 Å². The van der Waals surface area contributed by atoms with E-state index in [1.807, 2.05) is 19.1 Å². The molecule has 0 spiro atoms. The average Bonchev–Trinajstić information content (AvgIpc) is 2.48. The maximum absolute atomic E-state index is 9.63. The molecule has 108 valence electrons. The number of hydrogen-bond acceptors (Lipinski definition) is 4. The first kappa shape index (κ1) is 14.8. The van der Waals surface area contributed by atoms with Crippen LogP contribution in [0.1, 0.15) is 18.1 Å². The summed E-state index contributed by atoms with van der Waals surface area (Å²) in [5, 5.41) is 19.2. The van der Waals surface area contributed by atoms with Crippen molar-refractivity contribution in [2.45, 2.75) is 13.0 Å². The summed E-state index contributed by atoms with van der Waals surface area (Å²) in [6, 6.07) is 14.1. The Kier molecular flexibility index (Phi) is 5.10. The number of phenols is 2. The third kappa shape index (κ3) is 4.45. The minimum Gasteiger partial charge on any atom is -0.507 e. The molecule has 0 saturated heterocycles. The fraction of sp³-hybridized carbons (Fsp3) is 0.176. The van der Waals surface area contributed by atoms with Crippen LogP contribution < -0.4 is 0 Å². The average molecular weight is 282 g/mol. The second kappa shape index (κ2) is 7.24. The van der Waals surface area contributed by atoms with E-state index in [9.17, 15) is 10.2 Å². The highest BCUT2D eigenvalue weighted by atomic mass is 16.3. The van der Waals surface area contributed by atoms with Crippen LogP contribution in [0.4, 0.5) is 0 Å². The lowest BCUT2D eigenvalue weighted by Gasteiger charge is -2.03. The van der Waals surface area contributed by atoms with Gasteiger partial charge in [-0.05, 0) is 31.2 Å². The lowest BCUT2D eigenvalue weighted by atomic mass is 10.2. The van der Waals surface area contributed by atoms with Crippen molar-refractivity contribution in [3.05, 3.63) is 59.7 Å². The lowest BCUT2D eigenvalue weighted by molar-refractivity contribution is 0.474.